The van der Waals surface area contributed by atoms with Gasteiger partial charge in [0.1, 0.15) is 0 Å². The fourth-order valence-electron chi connectivity index (χ4n) is 1.84. The van der Waals surface area contributed by atoms with Crippen LogP contribution in [0.2, 0.25) is 0 Å². The number of aliphatic hydroxyl groups excluding tert-OH is 1. The molecule has 1 rings (SSSR count). The lowest BCUT2D eigenvalue weighted by molar-refractivity contribution is -0.146. The van der Waals surface area contributed by atoms with E-state index < -0.39 is 24.4 Å². The minimum atomic E-state index is -2.63. The number of aliphatic carboxylic acids is 1. The Balaban J connectivity index is 2.97. The molecule has 0 aliphatic carbocycles. The van der Waals surface area contributed by atoms with Crippen LogP contribution >= 0.6 is 0 Å². The zero-order chi connectivity index (χ0) is 13.7. The smallest absolute Gasteiger partial charge is 0.309 e. The van der Waals surface area contributed by atoms with Gasteiger partial charge in [0.2, 0.25) is 0 Å². The van der Waals surface area contributed by atoms with Crippen molar-refractivity contribution in [2.75, 3.05) is 0 Å². The molecule has 2 N–H and O–H groups in total. The average Bonchev–Trinajstić information content (AvgIpc) is 2.35. The first-order valence-corrected chi connectivity index (χ1v) is 5.76. The number of benzene rings is 1. The first kappa shape index (κ1) is 14.6. The zero-order valence-electron chi connectivity index (χ0n) is 10.0. The van der Waals surface area contributed by atoms with Crippen molar-refractivity contribution in [3.05, 3.63) is 35.4 Å². The highest BCUT2D eigenvalue weighted by Crippen LogP contribution is 2.29. The molecule has 5 heteroatoms. The second-order valence-corrected chi connectivity index (χ2v) is 4.15. The maximum atomic E-state index is 12.5. The fraction of sp³-hybridized carbons (Fsp3) is 0.462. The summed E-state index contributed by atoms with van der Waals surface area (Å²) in [5.74, 6) is -2.09. The molecule has 1 aromatic carbocycles. The molecule has 0 aliphatic rings. The van der Waals surface area contributed by atoms with Gasteiger partial charge >= 0.3 is 5.97 Å². The Bertz CT molecular complexity index is 407. The van der Waals surface area contributed by atoms with Crippen LogP contribution in [0.15, 0.2) is 24.3 Å². The van der Waals surface area contributed by atoms with Gasteiger partial charge in [-0.15, -0.1) is 0 Å². The summed E-state index contributed by atoms with van der Waals surface area (Å²) in [6.45, 7) is 1.80. The highest BCUT2D eigenvalue weighted by atomic mass is 19.3. The van der Waals surface area contributed by atoms with Crippen molar-refractivity contribution in [3.8, 4) is 0 Å². The Morgan fingerprint density at radius 2 is 1.94 bits per heavy atom. The van der Waals surface area contributed by atoms with Gasteiger partial charge in [-0.1, -0.05) is 31.5 Å². The summed E-state index contributed by atoms with van der Waals surface area (Å²) in [7, 11) is 0. The van der Waals surface area contributed by atoms with Gasteiger partial charge in [-0.25, -0.2) is 8.78 Å². The predicted molar refractivity (Wildman–Crippen MR) is 62.4 cm³/mol. The molecule has 0 aliphatic heterocycles. The maximum Gasteiger partial charge on any atom is 0.309 e. The molecular formula is C13H16F2O3. The van der Waals surface area contributed by atoms with E-state index in [-0.39, 0.29) is 11.1 Å². The van der Waals surface area contributed by atoms with Crippen molar-refractivity contribution in [1.29, 1.82) is 0 Å². The van der Waals surface area contributed by atoms with E-state index in [1.165, 1.54) is 18.2 Å². The summed E-state index contributed by atoms with van der Waals surface area (Å²) in [6, 6.07) is 5.25. The molecule has 0 bridgehead atoms. The van der Waals surface area contributed by atoms with Gasteiger partial charge in [-0.05, 0) is 18.1 Å². The Labute approximate surface area is 104 Å². The Morgan fingerprint density at radius 1 is 1.33 bits per heavy atom. The van der Waals surface area contributed by atoms with Gasteiger partial charge in [0, 0.05) is 5.56 Å². The molecule has 2 atom stereocenters. The molecule has 18 heavy (non-hydrogen) atoms. The number of carbonyl (C=O) groups is 1. The van der Waals surface area contributed by atoms with E-state index in [0.29, 0.717) is 12.8 Å². The molecule has 0 saturated carbocycles. The molecule has 2 unspecified atom stereocenters. The molecule has 0 spiro atoms. The molecule has 100 valence electrons. The molecular weight excluding hydrogens is 242 g/mol. The first-order valence-electron chi connectivity index (χ1n) is 5.76. The molecule has 0 amide bonds. The number of hydrogen-bond donors (Lipinski definition) is 2. The number of carboxylic acid groups (broad SMARTS) is 1. The second-order valence-electron chi connectivity index (χ2n) is 4.15. The third-order valence-electron chi connectivity index (χ3n) is 2.80. The van der Waals surface area contributed by atoms with E-state index in [0.717, 1.165) is 6.07 Å². The summed E-state index contributed by atoms with van der Waals surface area (Å²) in [4.78, 5) is 11.0. The molecule has 0 saturated heterocycles. The number of hydrogen-bond acceptors (Lipinski definition) is 2. The van der Waals surface area contributed by atoms with E-state index in [1.807, 2.05) is 0 Å². The molecule has 0 radical (unpaired) electrons. The third-order valence-corrected chi connectivity index (χ3v) is 2.80. The standard InChI is InChI=1S/C13H16F2O3/c1-2-4-10(13(17)18)11(16)8-5-3-6-9(7-8)12(14)15/h3,5-7,10-12,16H,2,4H2,1H3,(H,17,18). The number of aliphatic hydroxyl groups is 1. The van der Waals surface area contributed by atoms with Crippen LogP contribution in [0.4, 0.5) is 8.78 Å². The van der Waals surface area contributed by atoms with Crippen LogP contribution in [0.25, 0.3) is 0 Å². The number of alkyl halides is 2. The summed E-state index contributed by atoms with van der Waals surface area (Å²) in [5.41, 5.74) is 0.000775. The minimum absolute atomic E-state index is 0.216. The van der Waals surface area contributed by atoms with Crippen molar-refractivity contribution in [2.45, 2.75) is 32.3 Å². The van der Waals surface area contributed by atoms with Crippen molar-refractivity contribution in [2.24, 2.45) is 5.92 Å². The summed E-state index contributed by atoms with van der Waals surface area (Å²) < 4.78 is 25.0. The van der Waals surface area contributed by atoms with Gasteiger partial charge in [-0.2, -0.15) is 0 Å². The fourth-order valence-corrected chi connectivity index (χ4v) is 1.84. The first-order chi connectivity index (χ1) is 8.47. The van der Waals surface area contributed by atoms with Gasteiger partial charge < -0.3 is 10.2 Å². The Morgan fingerprint density at radius 3 is 2.44 bits per heavy atom. The van der Waals surface area contributed by atoms with Crippen LogP contribution in [-0.4, -0.2) is 16.2 Å². The van der Waals surface area contributed by atoms with Gasteiger partial charge in [-0.3, -0.25) is 4.79 Å². The summed E-state index contributed by atoms with van der Waals surface area (Å²) >= 11 is 0. The molecule has 3 nitrogen and oxygen atoms in total. The SMILES string of the molecule is CCCC(C(=O)O)C(O)c1cccc(C(F)F)c1. The number of rotatable bonds is 6. The summed E-state index contributed by atoms with van der Waals surface area (Å²) in [6.07, 6.45) is -2.99. The third kappa shape index (κ3) is 3.50. The Kier molecular flexibility index (Phi) is 5.22. The van der Waals surface area contributed by atoms with Crippen molar-refractivity contribution in [3.63, 3.8) is 0 Å². The normalized spacial score (nSPS) is 14.5. The van der Waals surface area contributed by atoms with Crippen LogP contribution in [0, 0.1) is 5.92 Å². The van der Waals surface area contributed by atoms with Crippen LogP contribution in [0.5, 0.6) is 0 Å². The van der Waals surface area contributed by atoms with Crippen molar-refractivity contribution < 1.29 is 23.8 Å². The highest BCUT2D eigenvalue weighted by molar-refractivity contribution is 5.71. The van der Waals surface area contributed by atoms with Gasteiger partial charge in [0.15, 0.2) is 0 Å². The number of carboxylic acids is 1. The topological polar surface area (TPSA) is 57.5 Å². The Hall–Kier alpha value is -1.49. The van der Waals surface area contributed by atoms with Crippen LogP contribution in [0.1, 0.15) is 43.4 Å². The maximum absolute atomic E-state index is 12.5. The summed E-state index contributed by atoms with van der Waals surface area (Å²) in [5, 5.41) is 19.0. The predicted octanol–water partition coefficient (Wildman–Crippen LogP) is 3.16. The van der Waals surface area contributed by atoms with E-state index in [1.54, 1.807) is 6.92 Å². The van der Waals surface area contributed by atoms with E-state index in [2.05, 4.69) is 0 Å². The minimum Gasteiger partial charge on any atom is -0.481 e. The lowest BCUT2D eigenvalue weighted by Crippen LogP contribution is -2.22. The quantitative estimate of drug-likeness (QED) is 0.824. The highest BCUT2D eigenvalue weighted by Gasteiger charge is 2.27. The number of halogens is 2. The van der Waals surface area contributed by atoms with Gasteiger partial charge in [0.25, 0.3) is 6.43 Å². The van der Waals surface area contributed by atoms with Gasteiger partial charge in [0.05, 0.1) is 12.0 Å². The molecule has 1 aromatic rings. The average molecular weight is 258 g/mol. The van der Waals surface area contributed by atoms with Crippen molar-refractivity contribution >= 4 is 5.97 Å². The van der Waals surface area contributed by atoms with Crippen LogP contribution < -0.4 is 0 Å². The van der Waals surface area contributed by atoms with E-state index in [9.17, 15) is 18.7 Å². The second kappa shape index (κ2) is 6.44. The largest absolute Gasteiger partial charge is 0.481 e. The van der Waals surface area contributed by atoms with E-state index in [4.69, 9.17) is 5.11 Å². The van der Waals surface area contributed by atoms with E-state index >= 15 is 0 Å². The van der Waals surface area contributed by atoms with Crippen molar-refractivity contribution in [1.82, 2.24) is 0 Å². The lowest BCUT2D eigenvalue weighted by Gasteiger charge is -2.19. The molecule has 0 heterocycles. The molecule has 0 fully saturated rings. The lowest BCUT2D eigenvalue weighted by atomic mass is 9.91. The monoisotopic (exact) mass is 258 g/mol. The zero-order valence-corrected chi connectivity index (χ0v) is 10.0. The van der Waals surface area contributed by atoms with Crippen LogP contribution in [0.3, 0.4) is 0 Å². The van der Waals surface area contributed by atoms with Crippen LogP contribution in [-0.2, 0) is 4.79 Å². The molecule has 0 aromatic heterocycles.